The summed E-state index contributed by atoms with van der Waals surface area (Å²) in [5.41, 5.74) is 0.698. The summed E-state index contributed by atoms with van der Waals surface area (Å²) < 4.78 is 48.0. The lowest BCUT2D eigenvalue weighted by Gasteiger charge is -2.24. The Morgan fingerprint density at radius 2 is 1.88 bits per heavy atom. The Labute approximate surface area is 139 Å². The van der Waals surface area contributed by atoms with Gasteiger partial charge in [-0.1, -0.05) is 19.4 Å². The molecule has 1 rings (SSSR count). The highest BCUT2D eigenvalue weighted by Crippen LogP contribution is 2.27. The van der Waals surface area contributed by atoms with Crippen LogP contribution in [0.5, 0.6) is 11.5 Å². The van der Waals surface area contributed by atoms with Crippen molar-refractivity contribution in [1.82, 2.24) is 10.2 Å². The highest BCUT2D eigenvalue weighted by Gasteiger charge is 2.32. The summed E-state index contributed by atoms with van der Waals surface area (Å²) in [7, 11) is 2.98. The fourth-order valence-electron chi connectivity index (χ4n) is 2.10. The molecule has 1 aromatic rings. The average molecular weight is 348 g/mol. The monoisotopic (exact) mass is 348 g/mol. The van der Waals surface area contributed by atoms with Crippen LogP contribution >= 0.6 is 0 Å². The van der Waals surface area contributed by atoms with Crippen molar-refractivity contribution in [2.75, 3.05) is 27.3 Å². The smallest absolute Gasteiger partial charge is 0.406 e. The Balaban J connectivity index is 2.70. The minimum absolute atomic E-state index is 0.0633. The first-order chi connectivity index (χ1) is 11.3. The second kappa shape index (κ2) is 9.24. The van der Waals surface area contributed by atoms with E-state index in [0.717, 1.165) is 4.90 Å². The van der Waals surface area contributed by atoms with Gasteiger partial charge in [-0.25, -0.2) is 4.79 Å². The number of unbranched alkanes of at least 4 members (excludes halogenated alkanes) is 1. The lowest BCUT2D eigenvalue weighted by Crippen LogP contribution is -2.45. The van der Waals surface area contributed by atoms with E-state index in [0.29, 0.717) is 29.9 Å². The zero-order chi connectivity index (χ0) is 18.2. The Hall–Kier alpha value is -2.12. The molecule has 0 aliphatic heterocycles. The zero-order valence-corrected chi connectivity index (χ0v) is 14.1. The highest BCUT2D eigenvalue weighted by molar-refractivity contribution is 5.74. The fraction of sp³-hybridized carbons (Fsp3) is 0.562. The molecule has 0 aliphatic rings. The minimum Gasteiger partial charge on any atom is -0.493 e. The van der Waals surface area contributed by atoms with Gasteiger partial charge in [0.15, 0.2) is 11.5 Å². The molecule has 5 nitrogen and oxygen atoms in total. The Bertz CT molecular complexity index is 536. The second-order valence-electron chi connectivity index (χ2n) is 5.24. The first kappa shape index (κ1) is 19.9. The Morgan fingerprint density at radius 3 is 2.42 bits per heavy atom. The number of hydrogen-bond donors (Lipinski definition) is 1. The summed E-state index contributed by atoms with van der Waals surface area (Å²) in [6.07, 6.45) is -3.20. The normalized spacial score (nSPS) is 11.1. The van der Waals surface area contributed by atoms with Crippen molar-refractivity contribution in [2.24, 2.45) is 0 Å². The number of hydrogen-bond acceptors (Lipinski definition) is 3. The number of alkyl halides is 3. The molecule has 0 aromatic heterocycles. The van der Waals surface area contributed by atoms with Gasteiger partial charge in [-0.3, -0.25) is 0 Å². The van der Waals surface area contributed by atoms with E-state index in [2.05, 4.69) is 5.32 Å². The molecule has 0 saturated carbocycles. The van der Waals surface area contributed by atoms with Crippen molar-refractivity contribution in [1.29, 1.82) is 0 Å². The lowest BCUT2D eigenvalue weighted by atomic mass is 10.2. The van der Waals surface area contributed by atoms with Crippen molar-refractivity contribution in [3.05, 3.63) is 23.8 Å². The van der Waals surface area contributed by atoms with Gasteiger partial charge in [-0.05, 0) is 24.1 Å². The molecule has 136 valence electrons. The van der Waals surface area contributed by atoms with E-state index < -0.39 is 18.8 Å². The maximum Gasteiger partial charge on any atom is 0.406 e. The first-order valence-electron chi connectivity index (χ1n) is 7.61. The van der Waals surface area contributed by atoms with Crippen LogP contribution in [0.4, 0.5) is 18.0 Å². The number of methoxy groups -OCH3 is 2. The van der Waals surface area contributed by atoms with Gasteiger partial charge in [0, 0.05) is 13.1 Å². The highest BCUT2D eigenvalue weighted by atomic mass is 19.4. The van der Waals surface area contributed by atoms with Gasteiger partial charge >= 0.3 is 12.2 Å². The summed E-state index contributed by atoms with van der Waals surface area (Å²) in [5, 5.41) is 2.51. The average Bonchev–Trinajstić information content (AvgIpc) is 2.54. The van der Waals surface area contributed by atoms with Crippen molar-refractivity contribution in [3.8, 4) is 11.5 Å². The molecule has 0 spiro atoms. The van der Waals surface area contributed by atoms with E-state index in [1.807, 2.05) is 6.92 Å². The van der Waals surface area contributed by atoms with E-state index >= 15 is 0 Å². The maximum absolute atomic E-state index is 12.6. The molecule has 0 unspecified atom stereocenters. The molecule has 0 fully saturated rings. The minimum atomic E-state index is -4.42. The zero-order valence-electron chi connectivity index (χ0n) is 14.1. The molecule has 1 aromatic carbocycles. The molecule has 0 aliphatic carbocycles. The van der Waals surface area contributed by atoms with Crippen molar-refractivity contribution in [3.63, 3.8) is 0 Å². The van der Waals surface area contributed by atoms with Gasteiger partial charge in [-0.15, -0.1) is 0 Å². The lowest BCUT2D eigenvalue weighted by molar-refractivity contribution is -0.140. The van der Waals surface area contributed by atoms with Crippen LogP contribution in [-0.2, 0) is 6.54 Å². The van der Waals surface area contributed by atoms with Crippen LogP contribution in [0.2, 0.25) is 0 Å². The number of urea groups is 1. The fourth-order valence-corrected chi connectivity index (χ4v) is 2.10. The topological polar surface area (TPSA) is 50.8 Å². The summed E-state index contributed by atoms with van der Waals surface area (Å²) >= 11 is 0. The number of amides is 2. The van der Waals surface area contributed by atoms with Crippen LogP contribution < -0.4 is 14.8 Å². The van der Waals surface area contributed by atoms with Crippen LogP contribution in [0.15, 0.2) is 18.2 Å². The van der Waals surface area contributed by atoms with Crippen molar-refractivity contribution < 1.29 is 27.4 Å². The van der Waals surface area contributed by atoms with Gasteiger partial charge in [0.05, 0.1) is 14.2 Å². The quantitative estimate of drug-likeness (QED) is 0.781. The van der Waals surface area contributed by atoms with Crippen LogP contribution in [0.25, 0.3) is 0 Å². The van der Waals surface area contributed by atoms with Crippen LogP contribution in [-0.4, -0.2) is 44.4 Å². The SMILES string of the molecule is CCCCN(CC(F)(F)F)C(=O)NCc1ccc(OC)c(OC)c1. The number of carbonyl (C=O) groups is 1. The van der Waals surface area contributed by atoms with Crippen LogP contribution in [0.1, 0.15) is 25.3 Å². The molecule has 1 N–H and O–H groups in total. The third-order valence-corrected chi connectivity index (χ3v) is 3.33. The third-order valence-electron chi connectivity index (χ3n) is 3.33. The molecule has 0 radical (unpaired) electrons. The second-order valence-corrected chi connectivity index (χ2v) is 5.24. The number of halogens is 3. The number of ether oxygens (including phenoxy) is 2. The molecule has 0 saturated heterocycles. The van der Waals surface area contributed by atoms with E-state index in [4.69, 9.17) is 9.47 Å². The number of rotatable bonds is 8. The Morgan fingerprint density at radius 1 is 1.21 bits per heavy atom. The largest absolute Gasteiger partial charge is 0.493 e. The maximum atomic E-state index is 12.6. The van der Waals surface area contributed by atoms with E-state index in [1.54, 1.807) is 18.2 Å². The molecule has 2 amide bonds. The van der Waals surface area contributed by atoms with Gasteiger partial charge in [0.1, 0.15) is 6.54 Å². The third kappa shape index (κ3) is 6.55. The first-order valence-corrected chi connectivity index (χ1v) is 7.61. The molecule has 24 heavy (non-hydrogen) atoms. The molecule has 0 atom stereocenters. The van der Waals surface area contributed by atoms with Crippen molar-refractivity contribution >= 4 is 6.03 Å². The summed E-state index contributed by atoms with van der Waals surface area (Å²) in [5.74, 6) is 1.02. The predicted octanol–water partition coefficient (Wildman–Crippen LogP) is 3.58. The number of nitrogens with one attached hydrogen (secondary N) is 1. The molecule has 0 bridgehead atoms. The number of nitrogens with zero attached hydrogens (tertiary/aromatic N) is 1. The van der Waals surface area contributed by atoms with Crippen LogP contribution in [0.3, 0.4) is 0 Å². The molecule has 0 heterocycles. The standard InChI is InChI=1S/C16H23F3N2O3/c1-4-5-8-21(11-16(17,18)19)15(22)20-10-12-6-7-13(23-2)14(9-12)24-3/h6-7,9H,4-5,8,10-11H2,1-3H3,(H,20,22). The van der Waals surface area contributed by atoms with E-state index in [1.165, 1.54) is 14.2 Å². The Kier molecular flexibility index (Phi) is 7.67. The molecular weight excluding hydrogens is 325 g/mol. The van der Waals surface area contributed by atoms with Gasteiger partial charge < -0.3 is 19.7 Å². The van der Waals surface area contributed by atoms with Gasteiger partial charge in [0.2, 0.25) is 0 Å². The predicted molar refractivity (Wildman–Crippen MR) is 84.3 cm³/mol. The van der Waals surface area contributed by atoms with Crippen molar-refractivity contribution in [2.45, 2.75) is 32.5 Å². The summed E-state index contributed by atoms with van der Waals surface area (Å²) in [6.45, 7) is 0.755. The number of carbonyl (C=O) groups excluding carboxylic acids is 1. The molecular formula is C16H23F3N2O3. The van der Waals surface area contributed by atoms with E-state index in [-0.39, 0.29) is 13.1 Å². The molecule has 8 heteroatoms. The van der Waals surface area contributed by atoms with Gasteiger partial charge in [0.25, 0.3) is 0 Å². The summed E-state index contributed by atoms with van der Waals surface area (Å²) in [4.78, 5) is 12.8. The van der Waals surface area contributed by atoms with Gasteiger partial charge in [-0.2, -0.15) is 13.2 Å². The summed E-state index contributed by atoms with van der Waals surface area (Å²) in [6, 6.07) is 4.31. The van der Waals surface area contributed by atoms with E-state index in [9.17, 15) is 18.0 Å². The van der Waals surface area contributed by atoms with Crippen LogP contribution in [0, 0.1) is 0 Å². The number of benzene rings is 1.